The van der Waals surface area contributed by atoms with Crippen LogP contribution in [0.5, 0.6) is 0 Å². The summed E-state index contributed by atoms with van der Waals surface area (Å²) in [7, 11) is -4.03. The van der Waals surface area contributed by atoms with Crippen molar-refractivity contribution in [2.24, 2.45) is 0 Å². The highest BCUT2D eigenvalue weighted by Crippen LogP contribution is 2.19. The maximum absolute atomic E-state index is 13.5. The molecule has 1 unspecified atom stereocenters. The van der Waals surface area contributed by atoms with Crippen molar-refractivity contribution in [2.45, 2.75) is 30.7 Å². The summed E-state index contributed by atoms with van der Waals surface area (Å²) >= 11 is 5.54. The predicted molar refractivity (Wildman–Crippen MR) is 68.1 cm³/mol. The molecule has 8 heteroatoms. The lowest BCUT2D eigenvalue weighted by atomic mass is 10.2. The van der Waals surface area contributed by atoms with Gasteiger partial charge in [0.15, 0.2) is 0 Å². The van der Waals surface area contributed by atoms with Gasteiger partial charge in [-0.1, -0.05) is 11.6 Å². The molecule has 0 radical (unpaired) electrons. The highest BCUT2D eigenvalue weighted by Gasteiger charge is 2.21. The Labute approximate surface area is 115 Å². The zero-order valence-electron chi connectivity index (χ0n) is 10.1. The van der Waals surface area contributed by atoms with Gasteiger partial charge in [-0.2, -0.15) is 0 Å². The number of carbonyl (C=O) groups is 1. The molecule has 0 fully saturated rings. The maximum Gasteiger partial charge on any atom is 0.303 e. The van der Waals surface area contributed by atoms with Crippen molar-refractivity contribution in [2.75, 3.05) is 0 Å². The molecule has 0 bridgehead atoms. The highest BCUT2D eigenvalue weighted by molar-refractivity contribution is 7.89. The lowest BCUT2D eigenvalue weighted by Crippen LogP contribution is -2.33. The van der Waals surface area contributed by atoms with Gasteiger partial charge in [-0.15, -0.1) is 0 Å². The van der Waals surface area contributed by atoms with Gasteiger partial charge >= 0.3 is 5.97 Å². The molecule has 0 aliphatic heterocycles. The summed E-state index contributed by atoms with van der Waals surface area (Å²) < 4.78 is 39.5. The summed E-state index contributed by atoms with van der Waals surface area (Å²) in [5.74, 6) is -1.98. The van der Waals surface area contributed by atoms with E-state index in [0.29, 0.717) is 0 Å². The molecule has 1 aromatic rings. The average Bonchev–Trinajstić information content (AvgIpc) is 2.25. The molecular weight excluding hydrogens is 297 g/mol. The average molecular weight is 310 g/mol. The van der Waals surface area contributed by atoms with E-state index in [2.05, 4.69) is 4.72 Å². The van der Waals surface area contributed by atoms with Gasteiger partial charge < -0.3 is 5.11 Å². The van der Waals surface area contributed by atoms with E-state index in [9.17, 15) is 17.6 Å². The largest absolute Gasteiger partial charge is 0.481 e. The fourth-order valence-electron chi connectivity index (χ4n) is 1.42. The Morgan fingerprint density at radius 3 is 2.68 bits per heavy atom. The third kappa shape index (κ3) is 4.77. The first-order chi connectivity index (χ1) is 8.72. The van der Waals surface area contributed by atoms with Crippen LogP contribution in [0.25, 0.3) is 0 Å². The van der Waals surface area contributed by atoms with Gasteiger partial charge in [0, 0.05) is 17.5 Å². The maximum atomic E-state index is 13.5. The second kappa shape index (κ2) is 6.31. The van der Waals surface area contributed by atoms with Crippen LogP contribution in [0.3, 0.4) is 0 Å². The topological polar surface area (TPSA) is 83.5 Å². The Morgan fingerprint density at radius 1 is 1.53 bits per heavy atom. The Balaban J connectivity index is 2.83. The predicted octanol–water partition coefficient (Wildman–Crippen LogP) is 2.01. The molecule has 0 saturated carbocycles. The highest BCUT2D eigenvalue weighted by atomic mass is 35.5. The third-order valence-corrected chi connectivity index (χ3v) is 4.19. The summed E-state index contributed by atoms with van der Waals surface area (Å²) in [5, 5.41) is 8.59. The number of benzene rings is 1. The van der Waals surface area contributed by atoms with Crippen LogP contribution in [0.1, 0.15) is 19.8 Å². The molecule has 1 aromatic carbocycles. The second-order valence-electron chi connectivity index (χ2n) is 4.03. The number of rotatable bonds is 6. The molecule has 0 heterocycles. The van der Waals surface area contributed by atoms with E-state index in [1.165, 1.54) is 13.0 Å². The molecule has 0 spiro atoms. The lowest BCUT2D eigenvalue weighted by Gasteiger charge is -2.13. The minimum Gasteiger partial charge on any atom is -0.481 e. The summed E-state index contributed by atoms with van der Waals surface area (Å²) in [4.78, 5) is 9.86. The number of aliphatic carboxylic acids is 1. The summed E-state index contributed by atoms with van der Waals surface area (Å²) in [6, 6.07) is 2.61. The molecule has 1 atom stereocenters. The molecule has 19 heavy (non-hydrogen) atoms. The van der Waals surface area contributed by atoms with E-state index in [0.717, 1.165) is 12.1 Å². The Kier molecular flexibility index (Phi) is 5.28. The van der Waals surface area contributed by atoms with Crippen LogP contribution >= 0.6 is 11.6 Å². The van der Waals surface area contributed by atoms with Crippen LogP contribution in [0.2, 0.25) is 5.02 Å². The molecule has 0 aromatic heterocycles. The Hall–Kier alpha value is -1.18. The van der Waals surface area contributed by atoms with Gasteiger partial charge in [0.1, 0.15) is 10.7 Å². The molecule has 106 valence electrons. The lowest BCUT2D eigenvalue weighted by molar-refractivity contribution is -0.137. The number of halogens is 2. The zero-order valence-corrected chi connectivity index (χ0v) is 11.6. The van der Waals surface area contributed by atoms with E-state index in [-0.39, 0.29) is 17.9 Å². The third-order valence-electron chi connectivity index (χ3n) is 2.33. The molecule has 2 N–H and O–H groups in total. The van der Waals surface area contributed by atoms with E-state index < -0.39 is 32.7 Å². The second-order valence-corrected chi connectivity index (χ2v) is 6.15. The summed E-state index contributed by atoms with van der Waals surface area (Å²) in [6.07, 6.45) is -0.0590. The van der Waals surface area contributed by atoms with E-state index in [4.69, 9.17) is 16.7 Å². The zero-order chi connectivity index (χ0) is 14.6. The van der Waals surface area contributed by atoms with Crippen LogP contribution in [-0.2, 0) is 14.8 Å². The van der Waals surface area contributed by atoms with Crippen LogP contribution < -0.4 is 4.72 Å². The minimum absolute atomic E-state index is 0.0929. The minimum atomic E-state index is -4.03. The van der Waals surface area contributed by atoms with Gasteiger partial charge in [0.25, 0.3) is 0 Å². The quantitative estimate of drug-likeness (QED) is 0.842. The normalized spacial score (nSPS) is 13.2. The van der Waals surface area contributed by atoms with Crippen molar-refractivity contribution in [3.8, 4) is 0 Å². The number of carboxylic acids is 1. The molecule has 0 aliphatic rings. The van der Waals surface area contributed by atoms with Gasteiger partial charge in [-0.3, -0.25) is 4.79 Å². The van der Waals surface area contributed by atoms with E-state index >= 15 is 0 Å². The van der Waals surface area contributed by atoms with Gasteiger partial charge in [-0.05, 0) is 31.5 Å². The summed E-state index contributed by atoms with van der Waals surface area (Å²) in [6.45, 7) is 1.51. The van der Waals surface area contributed by atoms with Crippen LogP contribution in [-0.4, -0.2) is 25.5 Å². The van der Waals surface area contributed by atoms with Crippen molar-refractivity contribution in [3.63, 3.8) is 0 Å². The van der Waals surface area contributed by atoms with Crippen LogP contribution in [0.15, 0.2) is 23.1 Å². The molecule has 0 aliphatic carbocycles. The van der Waals surface area contributed by atoms with E-state index in [1.54, 1.807) is 0 Å². The van der Waals surface area contributed by atoms with Gasteiger partial charge in [-0.25, -0.2) is 17.5 Å². The molecule has 1 rings (SSSR count). The number of hydrogen-bond donors (Lipinski definition) is 2. The van der Waals surface area contributed by atoms with Crippen LogP contribution in [0.4, 0.5) is 4.39 Å². The SMILES string of the molecule is CC(CCC(=O)O)NS(=O)(=O)c1ccc(Cl)cc1F. The number of carboxylic acid groups (broad SMARTS) is 1. The summed E-state index contributed by atoms with van der Waals surface area (Å²) in [5.41, 5.74) is 0. The first-order valence-corrected chi connectivity index (χ1v) is 7.27. The number of nitrogens with one attached hydrogen (secondary N) is 1. The number of sulfonamides is 1. The number of hydrogen-bond acceptors (Lipinski definition) is 3. The molecule has 0 saturated heterocycles. The molecule has 5 nitrogen and oxygen atoms in total. The van der Waals surface area contributed by atoms with Gasteiger partial charge in [0.2, 0.25) is 10.0 Å². The van der Waals surface area contributed by atoms with Crippen molar-refractivity contribution < 1.29 is 22.7 Å². The van der Waals surface area contributed by atoms with E-state index in [1.807, 2.05) is 0 Å². The monoisotopic (exact) mass is 309 g/mol. The van der Waals surface area contributed by atoms with Crippen molar-refractivity contribution >= 4 is 27.6 Å². The Bertz CT molecular complexity index is 576. The van der Waals surface area contributed by atoms with Crippen molar-refractivity contribution in [1.82, 2.24) is 4.72 Å². The van der Waals surface area contributed by atoms with Gasteiger partial charge in [0.05, 0.1) is 0 Å². The van der Waals surface area contributed by atoms with Crippen molar-refractivity contribution in [1.29, 1.82) is 0 Å². The Morgan fingerprint density at radius 2 is 2.16 bits per heavy atom. The first-order valence-electron chi connectivity index (χ1n) is 5.41. The molecular formula is C11H13ClFNO4S. The standard InChI is InChI=1S/C11H13ClFNO4S/c1-7(2-5-11(15)16)14-19(17,18)10-4-3-8(12)6-9(10)13/h3-4,6-7,14H,2,5H2,1H3,(H,15,16). The van der Waals surface area contributed by atoms with Crippen LogP contribution in [0, 0.1) is 5.82 Å². The fourth-order valence-corrected chi connectivity index (χ4v) is 2.92. The van der Waals surface area contributed by atoms with Crippen molar-refractivity contribution in [3.05, 3.63) is 29.0 Å². The fraction of sp³-hybridized carbons (Fsp3) is 0.364. The molecule has 0 amide bonds. The first kappa shape index (κ1) is 15.9. The smallest absolute Gasteiger partial charge is 0.303 e.